The van der Waals surface area contributed by atoms with E-state index in [4.69, 9.17) is 19.2 Å². The second-order valence-electron chi connectivity index (χ2n) is 3.29. The Morgan fingerprint density at radius 2 is 2.06 bits per heavy atom. The molecule has 2 rings (SSSR count). The predicted molar refractivity (Wildman–Crippen MR) is 60.3 cm³/mol. The lowest BCUT2D eigenvalue weighted by molar-refractivity contribution is 0.396. The zero-order valence-electron chi connectivity index (χ0n) is 9.31. The maximum absolute atomic E-state index is 11.9. The van der Waals surface area contributed by atoms with Crippen LogP contribution in [0.2, 0.25) is 0 Å². The van der Waals surface area contributed by atoms with Gasteiger partial charge < -0.3 is 13.9 Å². The lowest BCUT2D eigenvalue weighted by atomic mass is 10.1. The minimum Gasteiger partial charge on any atom is -0.496 e. The van der Waals surface area contributed by atoms with Crippen LogP contribution in [0, 0.1) is 11.3 Å². The number of rotatable bonds is 2. The summed E-state index contributed by atoms with van der Waals surface area (Å²) in [6.45, 7) is 0. The van der Waals surface area contributed by atoms with E-state index in [1.165, 1.54) is 14.2 Å². The molecule has 86 valence electrons. The van der Waals surface area contributed by atoms with Gasteiger partial charge in [0.05, 0.1) is 14.2 Å². The Morgan fingerprint density at radius 1 is 1.29 bits per heavy atom. The van der Waals surface area contributed by atoms with Crippen LogP contribution < -0.4 is 14.9 Å². The van der Waals surface area contributed by atoms with E-state index in [1.54, 1.807) is 18.2 Å². The van der Waals surface area contributed by atoms with E-state index in [-0.39, 0.29) is 10.9 Å². The Kier molecular flexibility index (Phi) is 2.71. The summed E-state index contributed by atoms with van der Waals surface area (Å²) in [5.74, 6) is 0.840. The Bertz CT molecular complexity index is 666. The highest BCUT2D eigenvalue weighted by molar-refractivity contribution is 5.85. The number of hydrogen-bond acceptors (Lipinski definition) is 5. The fraction of sp³-hybridized carbons (Fsp3) is 0.167. The molecule has 0 saturated carbocycles. The first kappa shape index (κ1) is 11.0. The highest BCUT2D eigenvalue weighted by Crippen LogP contribution is 2.28. The summed E-state index contributed by atoms with van der Waals surface area (Å²) in [5.41, 5.74) is -0.139. The van der Waals surface area contributed by atoms with Gasteiger partial charge in [-0.2, -0.15) is 5.26 Å². The van der Waals surface area contributed by atoms with Crippen LogP contribution in [0.1, 0.15) is 5.56 Å². The molecule has 0 bridgehead atoms. The summed E-state index contributed by atoms with van der Waals surface area (Å²) in [6, 6.07) is 4.91. The van der Waals surface area contributed by atoms with E-state index >= 15 is 0 Å². The topological polar surface area (TPSA) is 72.5 Å². The Morgan fingerprint density at radius 3 is 2.65 bits per heavy atom. The van der Waals surface area contributed by atoms with Crippen LogP contribution in [0.5, 0.6) is 11.5 Å². The first-order chi connectivity index (χ1) is 8.21. The van der Waals surface area contributed by atoms with Crippen LogP contribution >= 0.6 is 0 Å². The van der Waals surface area contributed by atoms with E-state index in [0.717, 1.165) is 6.26 Å². The summed E-state index contributed by atoms with van der Waals surface area (Å²) in [4.78, 5) is 11.9. The molecule has 1 aromatic heterocycles. The van der Waals surface area contributed by atoms with E-state index in [0.29, 0.717) is 17.1 Å². The zero-order valence-corrected chi connectivity index (χ0v) is 9.31. The highest BCUT2D eigenvalue weighted by Gasteiger charge is 2.13. The van der Waals surface area contributed by atoms with Gasteiger partial charge in [0.15, 0.2) is 0 Å². The summed E-state index contributed by atoms with van der Waals surface area (Å²) in [6.07, 6.45) is 1.13. The van der Waals surface area contributed by atoms with Crippen molar-refractivity contribution in [1.82, 2.24) is 0 Å². The molecule has 0 radical (unpaired) electrons. The smallest absolute Gasteiger partial charge is 0.214 e. The lowest BCUT2D eigenvalue weighted by Crippen LogP contribution is -2.07. The summed E-state index contributed by atoms with van der Waals surface area (Å²) in [5, 5.41) is 9.01. The van der Waals surface area contributed by atoms with Gasteiger partial charge in [-0.15, -0.1) is 0 Å². The van der Waals surface area contributed by atoms with Gasteiger partial charge in [-0.1, -0.05) is 0 Å². The monoisotopic (exact) mass is 231 g/mol. The molecule has 0 aliphatic rings. The summed E-state index contributed by atoms with van der Waals surface area (Å²) >= 11 is 0. The SMILES string of the molecule is COc1cc(OC)c2c(=O)c(C#N)coc2c1. The number of ether oxygens (including phenoxy) is 2. The van der Waals surface area contributed by atoms with Crippen LogP contribution in [0.3, 0.4) is 0 Å². The molecule has 1 aromatic carbocycles. The Hall–Kier alpha value is -2.48. The van der Waals surface area contributed by atoms with E-state index < -0.39 is 5.43 Å². The van der Waals surface area contributed by atoms with Gasteiger partial charge in [0.2, 0.25) is 5.43 Å². The normalized spacial score (nSPS) is 9.94. The quantitative estimate of drug-likeness (QED) is 0.786. The number of nitrogens with zero attached hydrogens (tertiary/aromatic N) is 1. The first-order valence-corrected chi connectivity index (χ1v) is 4.79. The molecule has 1 heterocycles. The molecule has 17 heavy (non-hydrogen) atoms. The molecule has 5 nitrogen and oxygen atoms in total. The number of benzene rings is 1. The third kappa shape index (κ3) is 1.70. The van der Waals surface area contributed by atoms with Crippen LogP contribution in [0.4, 0.5) is 0 Å². The molecule has 0 unspecified atom stereocenters. The largest absolute Gasteiger partial charge is 0.496 e. The number of methoxy groups -OCH3 is 2. The Labute approximate surface area is 96.8 Å². The van der Waals surface area contributed by atoms with Gasteiger partial charge in [0.1, 0.15) is 40.4 Å². The first-order valence-electron chi connectivity index (χ1n) is 4.79. The zero-order chi connectivity index (χ0) is 12.4. The van der Waals surface area contributed by atoms with Crippen molar-refractivity contribution in [2.45, 2.75) is 0 Å². The van der Waals surface area contributed by atoms with Crippen molar-refractivity contribution in [1.29, 1.82) is 5.26 Å². The van der Waals surface area contributed by atoms with Crippen LogP contribution in [0.15, 0.2) is 27.6 Å². The van der Waals surface area contributed by atoms with Crippen LogP contribution in [-0.2, 0) is 0 Å². The minimum absolute atomic E-state index is 0.0547. The highest BCUT2D eigenvalue weighted by atomic mass is 16.5. The van der Waals surface area contributed by atoms with Gasteiger partial charge in [0, 0.05) is 12.1 Å². The maximum atomic E-state index is 11.9. The second-order valence-corrected chi connectivity index (χ2v) is 3.29. The van der Waals surface area contributed by atoms with Gasteiger partial charge in [-0.25, -0.2) is 0 Å². The lowest BCUT2D eigenvalue weighted by Gasteiger charge is -2.07. The van der Waals surface area contributed by atoms with Crippen LogP contribution in [0.25, 0.3) is 11.0 Å². The van der Waals surface area contributed by atoms with Crippen molar-refractivity contribution < 1.29 is 13.9 Å². The number of nitriles is 1. The fourth-order valence-corrected chi connectivity index (χ4v) is 1.55. The molecule has 0 spiro atoms. The maximum Gasteiger partial charge on any atom is 0.214 e. The van der Waals surface area contributed by atoms with Crippen molar-refractivity contribution in [3.63, 3.8) is 0 Å². The molecule has 0 aliphatic heterocycles. The van der Waals surface area contributed by atoms with Gasteiger partial charge in [-0.05, 0) is 0 Å². The number of hydrogen-bond donors (Lipinski definition) is 0. The van der Waals surface area contributed by atoms with Gasteiger partial charge in [-0.3, -0.25) is 4.79 Å². The molecule has 0 atom stereocenters. The fourth-order valence-electron chi connectivity index (χ4n) is 1.55. The van der Waals surface area contributed by atoms with E-state index in [2.05, 4.69) is 0 Å². The van der Waals surface area contributed by atoms with Crippen molar-refractivity contribution in [2.24, 2.45) is 0 Å². The summed E-state index contributed by atoms with van der Waals surface area (Å²) < 4.78 is 15.4. The summed E-state index contributed by atoms with van der Waals surface area (Å²) in [7, 11) is 2.94. The van der Waals surface area contributed by atoms with Gasteiger partial charge >= 0.3 is 0 Å². The van der Waals surface area contributed by atoms with Gasteiger partial charge in [0.25, 0.3) is 0 Å². The standard InChI is InChI=1S/C12H9NO4/c1-15-8-3-9(16-2)11-10(4-8)17-6-7(5-13)12(11)14/h3-4,6H,1-2H3. The molecule has 0 aliphatic carbocycles. The molecular formula is C12H9NO4. The average molecular weight is 231 g/mol. The molecule has 0 amide bonds. The number of fused-ring (bicyclic) bond motifs is 1. The van der Waals surface area contributed by atoms with E-state index in [9.17, 15) is 4.79 Å². The van der Waals surface area contributed by atoms with Crippen molar-refractivity contribution in [2.75, 3.05) is 14.2 Å². The Balaban J connectivity index is 2.91. The second kappa shape index (κ2) is 4.18. The third-order valence-electron chi connectivity index (χ3n) is 2.39. The minimum atomic E-state index is -0.409. The average Bonchev–Trinajstić information content (AvgIpc) is 2.37. The molecule has 0 N–H and O–H groups in total. The van der Waals surface area contributed by atoms with Crippen LogP contribution in [-0.4, -0.2) is 14.2 Å². The molecular weight excluding hydrogens is 222 g/mol. The molecule has 2 aromatic rings. The molecule has 0 saturated heterocycles. The van der Waals surface area contributed by atoms with E-state index in [1.807, 2.05) is 0 Å². The predicted octanol–water partition coefficient (Wildman–Crippen LogP) is 1.68. The molecule has 5 heteroatoms. The third-order valence-corrected chi connectivity index (χ3v) is 2.39. The van der Waals surface area contributed by atoms with Crippen molar-refractivity contribution in [3.05, 3.63) is 34.2 Å². The van der Waals surface area contributed by atoms with Crippen molar-refractivity contribution in [3.8, 4) is 17.6 Å². The molecule has 0 fully saturated rings. The van der Waals surface area contributed by atoms with Crippen molar-refractivity contribution >= 4 is 11.0 Å².